The number of aromatic nitrogens is 1. The number of nitrogens with one attached hydrogen (secondary N) is 1. The molecule has 1 atom stereocenters. The number of halogens is 2. The van der Waals surface area contributed by atoms with E-state index in [9.17, 15) is 9.59 Å². The van der Waals surface area contributed by atoms with Crippen molar-refractivity contribution in [2.75, 3.05) is 44.7 Å². The molecule has 2 amide bonds. The first-order chi connectivity index (χ1) is 14.5. The molecule has 1 N–H and O–H groups in total. The molecule has 0 aliphatic carbocycles. The van der Waals surface area contributed by atoms with E-state index in [-0.39, 0.29) is 17.7 Å². The summed E-state index contributed by atoms with van der Waals surface area (Å²) < 4.78 is 5.33. The standard InChI is InChI=1S/C20H22Cl2N4O3S/c21-15-4-3-14(10-16(15)22)23-20-24-17(12-30-20)19(28)26-5-1-2-13(11-26)18(27)25-6-8-29-9-7-25/h3-4,10,12-13H,1-2,5-9,11H2,(H,23,24)/t13-/m0/s1. The zero-order valence-corrected chi connectivity index (χ0v) is 18.6. The van der Waals surface area contributed by atoms with Crippen LogP contribution in [0.1, 0.15) is 23.3 Å². The minimum absolute atomic E-state index is 0.121. The monoisotopic (exact) mass is 468 g/mol. The van der Waals surface area contributed by atoms with Crippen LogP contribution in [0.15, 0.2) is 23.6 Å². The zero-order valence-electron chi connectivity index (χ0n) is 16.3. The Morgan fingerprint density at radius 2 is 1.93 bits per heavy atom. The van der Waals surface area contributed by atoms with Crippen LogP contribution in [-0.4, -0.2) is 66.0 Å². The summed E-state index contributed by atoms with van der Waals surface area (Å²) in [5.41, 5.74) is 1.12. The Bertz CT molecular complexity index is 933. The first-order valence-electron chi connectivity index (χ1n) is 9.84. The molecule has 2 aromatic rings. The van der Waals surface area contributed by atoms with E-state index in [0.717, 1.165) is 18.5 Å². The van der Waals surface area contributed by atoms with Gasteiger partial charge in [0.1, 0.15) is 5.69 Å². The minimum Gasteiger partial charge on any atom is -0.378 e. The van der Waals surface area contributed by atoms with Gasteiger partial charge in [-0.2, -0.15) is 0 Å². The third kappa shape index (κ3) is 4.88. The molecule has 4 rings (SSSR count). The maximum absolute atomic E-state index is 13.0. The summed E-state index contributed by atoms with van der Waals surface area (Å²) in [6.07, 6.45) is 1.62. The highest BCUT2D eigenvalue weighted by molar-refractivity contribution is 7.14. The van der Waals surface area contributed by atoms with Crippen molar-refractivity contribution >= 4 is 57.2 Å². The fourth-order valence-electron chi connectivity index (χ4n) is 3.69. The number of hydrogen-bond donors (Lipinski definition) is 1. The molecule has 0 saturated carbocycles. The highest BCUT2D eigenvalue weighted by atomic mass is 35.5. The zero-order chi connectivity index (χ0) is 21.1. The number of carbonyl (C=O) groups is 2. The molecule has 0 bridgehead atoms. The predicted octanol–water partition coefficient (Wildman–Crippen LogP) is 3.90. The van der Waals surface area contributed by atoms with E-state index >= 15 is 0 Å². The second-order valence-electron chi connectivity index (χ2n) is 7.32. The van der Waals surface area contributed by atoms with Gasteiger partial charge in [0.15, 0.2) is 5.13 Å². The van der Waals surface area contributed by atoms with E-state index < -0.39 is 0 Å². The Morgan fingerprint density at radius 1 is 1.13 bits per heavy atom. The summed E-state index contributed by atoms with van der Waals surface area (Å²) in [6, 6.07) is 5.20. The van der Waals surface area contributed by atoms with E-state index in [1.165, 1.54) is 11.3 Å². The SMILES string of the molecule is O=C(c1csc(Nc2ccc(Cl)c(Cl)c2)n1)N1CCC[C@H](C(=O)N2CCOCC2)C1. The lowest BCUT2D eigenvalue weighted by Crippen LogP contribution is -2.49. The van der Waals surface area contributed by atoms with Gasteiger partial charge in [-0.05, 0) is 31.0 Å². The van der Waals surface area contributed by atoms with Crippen molar-refractivity contribution in [3.05, 3.63) is 39.3 Å². The van der Waals surface area contributed by atoms with Gasteiger partial charge in [-0.15, -0.1) is 11.3 Å². The van der Waals surface area contributed by atoms with E-state index in [0.29, 0.717) is 60.3 Å². The van der Waals surface area contributed by atoms with Gasteiger partial charge in [-0.25, -0.2) is 4.98 Å². The summed E-state index contributed by atoms with van der Waals surface area (Å²) in [4.78, 5) is 33.8. The van der Waals surface area contributed by atoms with Gasteiger partial charge in [0, 0.05) is 37.2 Å². The van der Waals surface area contributed by atoms with Crippen molar-refractivity contribution in [1.82, 2.24) is 14.8 Å². The number of piperidine rings is 1. The van der Waals surface area contributed by atoms with Crippen LogP contribution in [0.4, 0.5) is 10.8 Å². The Morgan fingerprint density at radius 3 is 2.70 bits per heavy atom. The number of morpholine rings is 1. The van der Waals surface area contributed by atoms with Gasteiger partial charge in [0.25, 0.3) is 5.91 Å². The van der Waals surface area contributed by atoms with E-state index in [2.05, 4.69) is 10.3 Å². The lowest BCUT2D eigenvalue weighted by molar-refractivity contribution is -0.141. The summed E-state index contributed by atoms with van der Waals surface area (Å²) >= 11 is 13.3. The van der Waals surface area contributed by atoms with Gasteiger partial charge in [0.05, 0.1) is 29.2 Å². The van der Waals surface area contributed by atoms with Crippen molar-refractivity contribution in [3.63, 3.8) is 0 Å². The molecule has 1 aromatic heterocycles. The van der Waals surface area contributed by atoms with Crippen LogP contribution in [0.3, 0.4) is 0 Å². The topological polar surface area (TPSA) is 74.8 Å². The van der Waals surface area contributed by atoms with Gasteiger partial charge < -0.3 is 19.9 Å². The van der Waals surface area contributed by atoms with Crippen molar-refractivity contribution in [2.45, 2.75) is 12.8 Å². The number of hydrogen-bond acceptors (Lipinski definition) is 6. The van der Waals surface area contributed by atoms with Crippen molar-refractivity contribution in [2.24, 2.45) is 5.92 Å². The molecule has 10 heteroatoms. The number of thiazole rings is 1. The number of rotatable bonds is 4. The molecule has 2 fully saturated rings. The Kier molecular flexibility index (Phi) is 6.77. The Balaban J connectivity index is 1.39. The van der Waals surface area contributed by atoms with E-state index in [1.54, 1.807) is 28.5 Å². The van der Waals surface area contributed by atoms with E-state index in [4.69, 9.17) is 27.9 Å². The number of likely N-dealkylation sites (tertiary alicyclic amines) is 1. The third-order valence-electron chi connectivity index (χ3n) is 5.27. The first kappa shape index (κ1) is 21.4. The molecule has 1 aromatic carbocycles. The highest BCUT2D eigenvalue weighted by Gasteiger charge is 2.32. The third-order valence-corrected chi connectivity index (χ3v) is 6.77. The highest BCUT2D eigenvalue weighted by Crippen LogP contribution is 2.29. The summed E-state index contributed by atoms with van der Waals surface area (Å²) in [7, 11) is 0. The fraction of sp³-hybridized carbons (Fsp3) is 0.450. The van der Waals surface area contributed by atoms with Crippen LogP contribution < -0.4 is 5.32 Å². The smallest absolute Gasteiger partial charge is 0.273 e. The number of carbonyl (C=O) groups excluding carboxylic acids is 2. The van der Waals surface area contributed by atoms with Gasteiger partial charge >= 0.3 is 0 Å². The van der Waals surface area contributed by atoms with Crippen LogP contribution >= 0.6 is 34.5 Å². The molecular formula is C20H22Cl2N4O3S. The van der Waals surface area contributed by atoms with Crippen molar-refractivity contribution in [3.8, 4) is 0 Å². The maximum atomic E-state index is 13.0. The summed E-state index contributed by atoms with van der Waals surface area (Å²) in [5, 5.41) is 6.38. The number of amides is 2. The number of anilines is 2. The Hall–Kier alpha value is -1.87. The first-order valence-corrected chi connectivity index (χ1v) is 11.5. The molecule has 2 saturated heterocycles. The normalized spacial score (nSPS) is 19.6. The minimum atomic E-state index is -0.159. The number of nitrogens with zero attached hydrogens (tertiary/aromatic N) is 3. The second kappa shape index (κ2) is 9.51. The van der Waals surface area contributed by atoms with Crippen LogP contribution in [0, 0.1) is 5.92 Å². The quantitative estimate of drug-likeness (QED) is 0.735. The molecule has 7 nitrogen and oxygen atoms in total. The maximum Gasteiger partial charge on any atom is 0.273 e. The van der Waals surface area contributed by atoms with Crippen LogP contribution in [0.25, 0.3) is 0 Å². The molecule has 30 heavy (non-hydrogen) atoms. The lowest BCUT2D eigenvalue weighted by Gasteiger charge is -2.36. The van der Waals surface area contributed by atoms with E-state index in [1.807, 2.05) is 4.90 Å². The Labute approximate surface area is 188 Å². The number of ether oxygens (including phenoxy) is 1. The van der Waals surface area contributed by atoms with Crippen molar-refractivity contribution in [1.29, 1.82) is 0 Å². The largest absolute Gasteiger partial charge is 0.378 e. The number of benzene rings is 1. The predicted molar refractivity (Wildman–Crippen MR) is 118 cm³/mol. The molecule has 0 spiro atoms. The molecule has 0 radical (unpaired) electrons. The molecule has 0 unspecified atom stereocenters. The fourth-order valence-corrected chi connectivity index (χ4v) is 4.70. The summed E-state index contributed by atoms with van der Waals surface area (Å²) in [6.45, 7) is 3.47. The average Bonchev–Trinajstić information content (AvgIpc) is 3.24. The van der Waals surface area contributed by atoms with Crippen molar-refractivity contribution < 1.29 is 14.3 Å². The molecule has 2 aliphatic heterocycles. The molecule has 3 heterocycles. The van der Waals surface area contributed by atoms with Crippen LogP contribution in [-0.2, 0) is 9.53 Å². The molecule has 160 valence electrons. The van der Waals surface area contributed by atoms with Crippen LogP contribution in [0.5, 0.6) is 0 Å². The lowest BCUT2D eigenvalue weighted by atomic mass is 9.96. The van der Waals surface area contributed by atoms with Crippen LogP contribution in [0.2, 0.25) is 10.0 Å². The van der Waals surface area contributed by atoms with Gasteiger partial charge in [0.2, 0.25) is 5.91 Å². The molecule has 2 aliphatic rings. The van der Waals surface area contributed by atoms with Gasteiger partial charge in [-0.3, -0.25) is 9.59 Å². The second-order valence-corrected chi connectivity index (χ2v) is 8.99. The average molecular weight is 469 g/mol. The summed E-state index contributed by atoms with van der Waals surface area (Å²) in [5.74, 6) is -0.183. The van der Waals surface area contributed by atoms with Gasteiger partial charge in [-0.1, -0.05) is 23.2 Å². The molecular weight excluding hydrogens is 447 g/mol.